The third-order valence-corrected chi connectivity index (χ3v) is 4.26. The minimum Gasteiger partial charge on any atom is -0.504 e. The number of aryl methyl sites for hydroxylation is 1. The van der Waals surface area contributed by atoms with Gasteiger partial charge in [-0.25, -0.2) is 0 Å². The van der Waals surface area contributed by atoms with Crippen molar-refractivity contribution in [1.29, 1.82) is 0 Å². The number of phenols is 1. The second kappa shape index (κ2) is 12.5. The topological polar surface area (TPSA) is 66.8 Å². The first-order valence-corrected chi connectivity index (χ1v) is 9.31. The van der Waals surface area contributed by atoms with Crippen LogP contribution < -0.4 is 4.74 Å². The summed E-state index contributed by atoms with van der Waals surface area (Å²) >= 11 is 0. The van der Waals surface area contributed by atoms with Crippen molar-refractivity contribution in [2.45, 2.75) is 70.8 Å². The third-order valence-electron chi connectivity index (χ3n) is 4.26. The van der Waals surface area contributed by atoms with Crippen LogP contribution in [0.2, 0.25) is 0 Å². The monoisotopic (exact) mass is 348 g/mol. The molecule has 0 saturated carbocycles. The van der Waals surface area contributed by atoms with Gasteiger partial charge in [0, 0.05) is 6.42 Å². The molecule has 1 aromatic rings. The molecular formula is C21H32O4. The molecule has 0 fully saturated rings. The van der Waals surface area contributed by atoms with Crippen LogP contribution in [0.25, 0.3) is 0 Å². The van der Waals surface area contributed by atoms with Crippen molar-refractivity contribution < 1.29 is 19.7 Å². The number of ketones is 1. The lowest BCUT2D eigenvalue weighted by Gasteiger charge is -2.06. The van der Waals surface area contributed by atoms with E-state index >= 15 is 0 Å². The second-order valence-corrected chi connectivity index (χ2v) is 6.46. The van der Waals surface area contributed by atoms with Gasteiger partial charge in [0.25, 0.3) is 0 Å². The highest BCUT2D eigenvalue weighted by molar-refractivity contribution is 5.89. The van der Waals surface area contributed by atoms with Crippen molar-refractivity contribution in [3.8, 4) is 11.5 Å². The fraction of sp³-hybridized carbons (Fsp3) is 0.571. The minimum atomic E-state index is -0.538. The van der Waals surface area contributed by atoms with E-state index in [0.29, 0.717) is 25.0 Å². The van der Waals surface area contributed by atoms with Crippen molar-refractivity contribution in [1.82, 2.24) is 0 Å². The van der Waals surface area contributed by atoms with Gasteiger partial charge in [-0.3, -0.25) is 4.79 Å². The molecule has 0 aromatic heterocycles. The summed E-state index contributed by atoms with van der Waals surface area (Å²) in [7, 11) is 1.50. The van der Waals surface area contributed by atoms with E-state index in [9.17, 15) is 15.0 Å². The Morgan fingerprint density at radius 1 is 1.20 bits per heavy atom. The van der Waals surface area contributed by atoms with Crippen LogP contribution in [0, 0.1) is 0 Å². The van der Waals surface area contributed by atoms with E-state index in [1.54, 1.807) is 24.3 Å². The van der Waals surface area contributed by atoms with Crippen LogP contribution >= 0.6 is 0 Å². The summed E-state index contributed by atoms with van der Waals surface area (Å²) < 4.78 is 5.06. The van der Waals surface area contributed by atoms with Gasteiger partial charge in [0.15, 0.2) is 17.3 Å². The van der Waals surface area contributed by atoms with E-state index in [4.69, 9.17) is 4.74 Å². The Balaban J connectivity index is 2.25. The first-order chi connectivity index (χ1) is 12.1. The lowest BCUT2D eigenvalue weighted by atomic mass is 10.0. The van der Waals surface area contributed by atoms with E-state index in [0.717, 1.165) is 18.4 Å². The van der Waals surface area contributed by atoms with Gasteiger partial charge in [0.2, 0.25) is 0 Å². The predicted molar refractivity (Wildman–Crippen MR) is 101 cm³/mol. The number of phenolic OH excluding ortho intramolecular Hbond substituents is 1. The van der Waals surface area contributed by atoms with Gasteiger partial charge in [-0.1, -0.05) is 57.6 Å². The maximum absolute atomic E-state index is 11.9. The summed E-state index contributed by atoms with van der Waals surface area (Å²) in [4.78, 5) is 11.9. The average Bonchev–Trinajstić information content (AvgIpc) is 2.62. The number of hydrogen-bond acceptors (Lipinski definition) is 4. The van der Waals surface area contributed by atoms with Crippen LogP contribution in [0.5, 0.6) is 11.5 Å². The Morgan fingerprint density at radius 2 is 1.92 bits per heavy atom. The summed E-state index contributed by atoms with van der Waals surface area (Å²) in [5.41, 5.74) is 0.934. The molecule has 1 atom stereocenters. The molecule has 0 bridgehead atoms. The summed E-state index contributed by atoms with van der Waals surface area (Å²) in [5.74, 6) is 0.499. The molecule has 0 aliphatic heterocycles. The predicted octanol–water partition coefficient (Wildman–Crippen LogP) is 4.57. The van der Waals surface area contributed by atoms with Gasteiger partial charge in [-0.15, -0.1) is 0 Å². The Hall–Kier alpha value is -1.81. The van der Waals surface area contributed by atoms with E-state index in [1.807, 2.05) is 0 Å². The average molecular weight is 348 g/mol. The zero-order valence-electron chi connectivity index (χ0n) is 15.5. The van der Waals surface area contributed by atoms with Crippen LogP contribution in [0.15, 0.2) is 30.4 Å². The number of methoxy groups -OCH3 is 1. The molecule has 4 heteroatoms. The normalized spacial score (nSPS) is 12.4. The molecule has 4 nitrogen and oxygen atoms in total. The molecule has 1 unspecified atom stereocenters. The van der Waals surface area contributed by atoms with E-state index in [2.05, 4.69) is 6.92 Å². The summed E-state index contributed by atoms with van der Waals surface area (Å²) in [6.07, 6.45) is 11.4. The minimum absolute atomic E-state index is 0.00552. The maximum Gasteiger partial charge on any atom is 0.160 e. The number of carbonyl (C=O) groups is 1. The number of allylic oxidation sites excluding steroid dienone is 1. The zero-order valence-corrected chi connectivity index (χ0v) is 15.5. The van der Waals surface area contributed by atoms with Gasteiger partial charge in [0.05, 0.1) is 13.2 Å². The smallest absolute Gasteiger partial charge is 0.160 e. The molecule has 0 radical (unpaired) electrons. The summed E-state index contributed by atoms with van der Waals surface area (Å²) in [5, 5.41) is 19.5. The fourth-order valence-corrected chi connectivity index (χ4v) is 2.68. The summed E-state index contributed by atoms with van der Waals surface area (Å²) in [6, 6.07) is 5.08. The first-order valence-electron chi connectivity index (χ1n) is 9.31. The van der Waals surface area contributed by atoms with Gasteiger partial charge in [-0.05, 0) is 36.6 Å². The third kappa shape index (κ3) is 9.30. The molecule has 2 N–H and O–H groups in total. The number of unbranched alkanes of at least 4 members (excludes halogenated alkanes) is 5. The molecular weight excluding hydrogens is 316 g/mol. The van der Waals surface area contributed by atoms with Crippen LogP contribution in [-0.4, -0.2) is 29.2 Å². The Bertz CT molecular complexity index is 537. The Kier molecular flexibility index (Phi) is 10.6. The largest absolute Gasteiger partial charge is 0.504 e. The molecule has 0 aliphatic rings. The highest BCUT2D eigenvalue weighted by Gasteiger charge is 2.05. The maximum atomic E-state index is 11.9. The van der Waals surface area contributed by atoms with Gasteiger partial charge < -0.3 is 14.9 Å². The van der Waals surface area contributed by atoms with Crippen molar-refractivity contribution in [2.75, 3.05) is 7.11 Å². The number of rotatable bonds is 13. The van der Waals surface area contributed by atoms with Crippen molar-refractivity contribution in [3.05, 3.63) is 35.9 Å². The standard InChI is InChI=1S/C21H32O4/c1-3-4-5-6-7-8-9-18(22)13-14-19(23)12-10-17-11-15-20(24)21(16-17)25-2/h11,13-16,18,22,24H,3-10,12H2,1-2H3/b14-13+. The van der Waals surface area contributed by atoms with E-state index in [1.165, 1.54) is 38.9 Å². The number of benzene rings is 1. The molecule has 140 valence electrons. The van der Waals surface area contributed by atoms with Crippen molar-refractivity contribution >= 4 is 5.78 Å². The fourth-order valence-electron chi connectivity index (χ4n) is 2.68. The lowest BCUT2D eigenvalue weighted by molar-refractivity contribution is -0.114. The van der Waals surface area contributed by atoms with Crippen LogP contribution in [-0.2, 0) is 11.2 Å². The molecule has 0 amide bonds. The molecule has 0 spiro atoms. The summed E-state index contributed by atoms with van der Waals surface area (Å²) in [6.45, 7) is 2.20. The number of aromatic hydroxyl groups is 1. The van der Waals surface area contributed by atoms with Gasteiger partial charge in [-0.2, -0.15) is 0 Å². The first kappa shape index (κ1) is 21.2. The van der Waals surface area contributed by atoms with Crippen molar-refractivity contribution in [2.24, 2.45) is 0 Å². The van der Waals surface area contributed by atoms with Crippen molar-refractivity contribution in [3.63, 3.8) is 0 Å². The highest BCUT2D eigenvalue weighted by Crippen LogP contribution is 2.26. The SMILES string of the molecule is CCCCCCCCC(O)/C=C/C(=O)CCc1ccc(O)c(OC)c1. The van der Waals surface area contributed by atoms with Crippen LogP contribution in [0.1, 0.15) is 63.9 Å². The number of carbonyl (C=O) groups excluding carboxylic acids is 1. The Morgan fingerprint density at radius 3 is 2.64 bits per heavy atom. The number of hydrogen-bond donors (Lipinski definition) is 2. The highest BCUT2D eigenvalue weighted by atomic mass is 16.5. The number of ether oxygens (including phenoxy) is 1. The molecule has 1 aromatic carbocycles. The molecule has 1 rings (SSSR count). The Labute approximate surface area is 151 Å². The van der Waals surface area contributed by atoms with Crippen LogP contribution in [0.4, 0.5) is 0 Å². The number of aliphatic hydroxyl groups is 1. The number of aliphatic hydroxyl groups excluding tert-OH is 1. The zero-order chi connectivity index (χ0) is 18.5. The lowest BCUT2D eigenvalue weighted by Crippen LogP contribution is -2.04. The van der Waals surface area contributed by atoms with Gasteiger partial charge in [0.1, 0.15) is 0 Å². The second-order valence-electron chi connectivity index (χ2n) is 6.46. The molecule has 0 aliphatic carbocycles. The van der Waals surface area contributed by atoms with Crippen LogP contribution in [0.3, 0.4) is 0 Å². The van der Waals surface area contributed by atoms with Gasteiger partial charge >= 0.3 is 0 Å². The van der Waals surface area contributed by atoms with E-state index in [-0.39, 0.29) is 11.5 Å². The molecule has 0 saturated heterocycles. The van der Waals surface area contributed by atoms with E-state index < -0.39 is 6.10 Å². The quantitative estimate of drug-likeness (QED) is 0.405. The molecule has 25 heavy (non-hydrogen) atoms. The molecule has 0 heterocycles.